The van der Waals surface area contributed by atoms with Crippen molar-refractivity contribution in [3.8, 4) is 0 Å². The first kappa shape index (κ1) is 19.0. The topological polar surface area (TPSA) is 75.9 Å². The van der Waals surface area contributed by atoms with Crippen molar-refractivity contribution in [1.82, 2.24) is 14.8 Å². The zero-order valence-corrected chi connectivity index (χ0v) is 17.1. The highest BCUT2D eigenvalue weighted by molar-refractivity contribution is 7.07. The van der Waals surface area contributed by atoms with Gasteiger partial charge in [0, 0.05) is 37.9 Å². The number of rotatable bonds is 4. The molecule has 2 aliphatic rings. The van der Waals surface area contributed by atoms with Crippen molar-refractivity contribution < 1.29 is 18.7 Å². The van der Waals surface area contributed by atoms with Crippen molar-refractivity contribution in [2.24, 2.45) is 0 Å². The number of likely N-dealkylation sites (tertiary alicyclic amines) is 1. The number of pyridine rings is 1. The quantitative estimate of drug-likeness (QED) is 0.645. The number of amides is 2. The molecule has 0 aromatic carbocycles. The monoisotopic (exact) mass is 423 g/mol. The van der Waals surface area contributed by atoms with E-state index in [1.165, 1.54) is 6.26 Å². The van der Waals surface area contributed by atoms with Gasteiger partial charge in [-0.05, 0) is 46.2 Å². The molecule has 2 atom stereocenters. The zero-order chi connectivity index (χ0) is 20.6. The van der Waals surface area contributed by atoms with Crippen LogP contribution < -0.4 is 0 Å². The van der Waals surface area contributed by atoms with Crippen LogP contribution in [-0.2, 0) is 16.1 Å². The highest BCUT2D eigenvalue weighted by atomic mass is 32.1. The number of furan rings is 1. The lowest BCUT2D eigenvalue weighted by molar-refractivity contribution is -0.172. The molecule has 2 amide bonds. The summed E-state index contributed by atoms with van der Waals surface area (Å²) in [4.78, 5) is 34.5. The van der Waals surface area contributed by atoms with Crippen LogP contribution in [0.5, 0.6) is 0 Å². The Morgan fingerprint density at radius 2 is 2.23 bits per heavy atom. The summed E-state index contributed by atoms with van der Waals surface area (Å²) in [6.45, 7) is 2.05. The van der Waals surface area contributed by atoms with E-state index in [9.17, 15) is 9.59 Å². The molecule has 0 N–H and O–H groups in total. The number of hydrogen-bond acceptors (Lipinski definition) is 6. The van der Waals surface area contributed by atoms with Crippen molar-refractivity contribution in [3.63, 3.8) is 0 Å². The third kappa shape index (κ3) is 3.22. The average molecular weight is 423 g/mol. The van der Waals surface area contributed by atoms with Crippen molar-refractivity contribution in [2.45, 2.75) is 18.1 Å². The fraction of sp³-hybridized carbons (Fsp3) is 0.318. The Morgan fingerprint density at radius 3 is 2.97 bits per heavy atom. The molecule has 0 bridgehead atoms. The first-order valence-electron chi connectivity index (χ1n) is 9.84. The number of carbonyl (C=O) groups excluding carboxylic acids is 2. The lowest BCUT2D eigenvalue weighted by Gasteiger charge is -2.42. The van der Waals surface area contributed by atoms with Crippen LogP contribution in [0.25, 0.3) is 0 Å². The van der Waals surface area contributed by atoms with Gasteiger partial charge in [-0.3, -0.25) is 14.6 Å². The highest BCUT2D eigenvalue weighted by Gasteiger charge is 2.58. The molecule has 0 unspecified atom stereocenters. The summed E-state index contributed by atoms with van der Waals surface area (Å²) < 4.78 is 11.5. The number of nitrogens with zero attached hydrogens (tertiary/aromatic N) is 3. The van der Waals surface area contributed by atoms with Crippen LogP contribution in [-0.4, -0.2) is 58.4 Å². The van der Waals surface area contributed by atoms with Crippen molar-refractivity contribution in [2.75, 3.05) is 26.2 Å². The minimum atomic E-state index is -1.13. The van der Waals surface area contributed by atoms with Crippen LogP contribution in [0, 0.1) is 0 Å². The second kappa shape index (κ2) is 7.70. The summed E-state index contributed by atoms with van der Waals surface area (Å²) in [5.74, 6) is -0.362. The van der Waals surface area contributed by atoms with Crippen LogP contribution in [0.3, 0.4) is 0 Å². The summed E-state index contributed by atoms with van der Waals surface area (Å²) in [5, 5.41) is 4.06. The largest absolute Gasteiger partial charge is 0.459 e. The molecule has 5 rings (SSSR count). The molecule has 0 aliphatic carbocycles. The smallest absolute Gasteiger partial charge is 0.289 e. The van der Waals surface area contributed by atoms with E-state index in [0.717, 1.165) is 11.1 Å². The fourth-order valence-electron chi connectivity index (χ4n) is 4.38. The maximum Gasteiger partial charge on any atom is 0.289 e. The predicted molar refractivity (Wildman–Crippen MR) is 110 cm³/mol. The summed E-state index contributed by atoms with van der Waals surface area (Å²) >= 11 is 1.61. The van der Waals surface area contributed by atoms with E-state index in [4.69, 9.17) is 9.15 Å². The standard InChI is InChI=1S/C22H21N3O4S/c26-20(19-4-2-8-28-19)25-13-18(17-3-1-6-23-11-17)22(15-25)21(27)24(7-9-29-22)12-16-5-10-30-14-16/h1-6,8,10-11,14,18H,7,9,12-13,15H2/t18-,22+/m0/s1. The SMILES string of the molecule is O=C(c1ccco1)N1C[C@@H](c2cccnc2)[C@@]2(C1)OCCN(Cc1ccsc1)C2=O. The van der Waals surface area contributed by atoms with Gasteiger partial charge in [-0.15, -0.1) is 0 Å². The maximum atomic E-state index is 13.7. The van der Waals surface area contributed by atoms with Gasteiger partial charge < -0.3 is 19.0 Å². The second-order valence-corrected chi connectivity index (χ2v) is 8.38. The van der Waals surface area contributed by atoms with Gasteiger partial charge in [-0.1, -0.05) is 6.07 Å². The summed E-state index contributed by atoms with van der Waals surface area (Å²) in [6.07, 6.45) is 4.92. The van der Waals surface area contributed by atoms with Gasteiger partial charge in [0.1, 0.15) is 0 Å². The highest BCUT2D eigenvalue weighted by Crippen LogP contribution is 2.42. The van der Waals surface area contributed by atoms with Gasteiger partial charge >= 0.3 is 0 Å². The lowest BCUT2D eigenvalue weighted by atomic mass is 9.83. The van der Waals surface area contributed by atoms with E-state index in [-0.39, 0.29) is 30.0 Å². The molecule has 30 heavy (non-hydrogen) atoms. The summed E-state index contributed by atoms with van der Waals surface area (Å²) in [5.41, 5.74) is 0.863. The van der Waals surface area contributed by atoms with E-state index in [1.54, 1.807) is 40.8 Å². The Morgan fingerprint density at radius 1 is 1.30 bits per heavy atom. The zero-order valence-electron chi connectivity index (χ0n) is 16.3. The van der Waals surface area contributed by atoms with Gasteiger partial charge in [-0.2, -0.15) is 11.3 Å². The third-order valence-electron chi connectivity index (χ3n) is 5.82. The number of aromatic nitrogens is 1. The number of thiophene rings is 1. The Kier molecular flexibility index (Phi) is 4.88. The predicted octanol–water partition coefficient (Wildman–Crippen LogP) is 2.77. The molecule has 2 fully saturated rings. The molecule has 3 aromatic heterocycles. The Balaban J connectivity index is 1.49. The van der Waals surface area contributed by atoms with Crippen LogP contribution in [0.15, 0.2) is 64.2 Å². The van der Waals surface area contributed by atoms with Crippen LogP contribution in [0.1, 0.15) is 27.6 Å². The first-order valence-corrected chi connectivity index (χ1v) is 10.8. The number of hydrogen-bond donors (Lipinski definition) is 0. The Labute approximate surface area is 177 Å². The molecule has 8 heteroatoms. The van der Waals surface area contributed by atoms with Crippen LogP contribution >= 0.6 is 11.3 Å². The molecule has 0 radical (unpaired) electrons. The second-order valence-electron chi connectivity index (χ2n) is 7.60. The molecule has 1 spiro atoms. The van der Waals surface area contributed by atoms with E-state index >= 15 is 0 Å². The maximum absolute atomic E-state index is 13.7. The summed E-state index contributed by atoms with van der Waals surface area (Å²) in [7, 11) is 0. The third-order valence-corrected chi connectivity index (χ3v) is 6.55. The minimum absolute atomic E-state index is 0.0800. The lowest BCUT2D eigenvalue weighted by Crippen LogP contribution is -2.60. The van der Waals surface area contributed by atoms with Crippen molar-refractivity contribution in [3.05, 3.63) is 76.6 Å². The normalized spacial score (nSPS) is 24.0. The molecule has 7 nitrogen and oxygen atoms in total. The molecular weight excluding hydrogens is 402 g/mol. The van der Waals surface area contributed by atoms with Crippen molar-refractivity contribution >= 4 is 23.2 Å². The minimum Gasteiger partial charge on any atom is -0.459 e. The molecule has 2 aliphatic heterocycles. The van der Waals surface area contributed by atoms with E-state index in [2.05, 4.69) is 10.4 Å². The first-order chi connectivity index (χ1) is 14.7. The number of carbonyl (C=O) groups is 2. The summed E-state index contributed by atoms with van der Waals surface area (Å²) in [6, 6.07) is 9.13. The van der Waals surface area contributed by atoms with Gasteiger partial charge in [0.05, 0.1) is 19.4 Å². The van der Waals surface area contributed by atoms with Gasteiger partial charge in [0.25, 0.3) is 11.8 Å². The Bertz CT molecular complexity index is 1020. The van der Waals surface area contributed by atoms with Crippen LogP contribution in [0.4, 0.5) is 0 Å². The molecule has 3 aromatic rings. The van der Waals surface area contributed by atoms with E-state index < -0.39 is 5.60 Å². The number of ether oxygens (including phenoxy) is 1. The molecule has 0 saturated carbocycles. The van der Waals surface area contributed by atoms with E-state index in [0.29, 0.717) is 26.2 Å². The molecule has 5 heterocycles. The Hall–Kier alpha value is -2.97. The number of morpholine rings is 1. The fourth-order valence-corrected chi connectivity index (χ4v) is 5.04. The average Bonchev–Trinajstić information content (AvgIpc) is 3.53. The van der Waals surface area contributed by atoms with Gasteiger partial charge in [0.15, 0.2) is 11.4 Å². The van der Waals surface area contributed by atoms with Gasteiger partial charge in [-0.25, -0.2) is 0 Å². The molecule has 154 valence electrons. The van der Waals surface area contributed by atoms with Gasteiger partial charge in [0.2, 0.25) is 0 Å². The van der Waals surface area contributed by atoms with Crippen LogP contribution in [0.2, 0.25) is 0 Å². The molecule has 2 saturated heterocycles. The molecular formula is C22H21N3O4S. The van der Waals surface area contributed by atoms with E-state index in [1.807, 2.05) is 28.5 Å². The van der Waals surface area contributed by atoms with Crippen molar-refractivity contribution in [1.29, 1.82) is 0 Å².